The molecule has 24 heavy (non-hydrogen) atoms. The summed E-state index contributed by atoms with van der Waals surface area (Å²) < 4.78 is 0. The van der Waals surface area contributed by atoms with Crippen molar-refractivity contribution in [2.45, 2.75) is 70.6 Å². The van der Waals surface area contributed by atoms with Crippen molar-refractivity contribution in [2.75, 3.05) is 5.33 Å². The standard InChI is InChI=1S/C17H28Br.C5H5.Fe/c18-16-12-8-6-4-2-1-3-5-7-9-13-17-14-10-11-15-17;1-2-4-5-3-1;/h10-11,14-15H,1-9,12-13,16H2;1-5H;/q2*-1;+2. The van der Waals surface area contributed by atoms with Crippen LogP contribution in [0.2, 0.25) is 0 Å². The number of hydrogen-bond donors (Lipinski definition) is 0. The summed E-state index contributed by atoms with van der Waals surface area (Å²) in [6, 6.07) is 18.8. The van der Waals surface area contributed by atoms with Gasteiger partial charge in [-0.15, -0.1) is 0 Å². The van der Waals surface area contributed by atoms with E-state index >= 15 is 0 Å². The molecule has 0 saturated carbocycles. The third-order valence-electron chi connectivity index (χ3n) is 4.14. The summed E-state index contributed by atoms with van der Waals surface area (Å²) in [5.41, 5.74) is 1.52. The predicted molar refractivity (Wildman–Crippen MR) is 108 cm³/mol. The van der Waals surface area contributed by atoms with Crippen molar-refractivity contribution < 1.29 is 17.1 Å². The summed E-state index contributed by atoms with van der Waals surface area (Å²) in [7, 11) is 0. The van der Waals surface area contributed by atoms with Gasteiger partial charge in [-0.1, -0.05) is 80.1 Å². The first kappa shape index (κ1) is 23.7. The zero-order valence-electron chi connectivity index (χ0n) is 14.9. The van der Waals surface area contributed by atoms with Crippen molar-refractivity contribution in [3.63, 3.8) is 0 Å². The van der Waals surface area contributed by atoms with Crippen LogP contribution in [-0.2, 0) is 23.5 Å². The van der Waals surface area contributed by atoms with Crippen molar-refractivity contribution >= 4 is 15.9 Å². The SMILES string of the molecule is BrCCCCCCCCCCCCc1cc[cH-]c1.[Fe+2].c1cc[cH-]c1. The maximum Gasteiger partial charge on any atom is 2.00 e. The minimum Gasteiger partial charge on any atom is -0.214 e. The Morgan fingerprint density at radius 3 is 1.62 bits per heavy atom. The molecule has 0 unspecified atom stereocenters. The van der Waals surface area contributed by atoms with Crippen LogP contribution in [0.1, 0.15) is 69.8 Å². The van der Waals surface area contributed by atoms with E-state index in [-0.39, 0.29) is 17.1 Å². The quantitative estimate of drug-likeness (QED) is 0.140. The monoisotopic (exact) mass is 432 g/mol. The van der Waals surface area contributed by atoms with Gasteiger partial charge < -0.3 is 0 Å². The molecule has 136 valence electrons. The predicted octanol–water partition coefficient (Wildman–Crippen LogP) is 7.65. The molecule has 0 aromatic heterocycles. The molecule has 2 rings (SSSR count). The molecule has 0 heterocycles. The van der Waals surface area contributed by atoms with Gasteiger partial charge in [-0.3, -0.25) is 0 Å². The van der Waals surface area contributed by atoms with Crippen molar-refractivity contribution in [2.24, 2.45) is 0 Å². The van der Waals surface area contributed by atoms with Crippen LogP contribution in [0, 0.1) is 0 Å². The van der Waals surface area contributed by atoms with Crippen LogP contribution < -0.4 is 0 Å². The van der Waals surface area contributed by atoms with E-state index in [1.54, 1.807) is 0 Å². The molecule has 0 radical (unpaired) electrons. The molecule has 0 aliphatic rings. The van der Waals surface area contributed by atoms with Crippen LogP contribution in [0.25, 0.3) is 0 Å². The number of unbranched alkanes of at least 4 members (excludes halogenated alkanes) is 9. The fourth-order valence-electron chi connectivity index (χ4n) is 2.74. The van der Waals surface area contributed by atoms with Crippen molar-refractivity contribution in [1.29, 1.82) is 0 Å². The summed E-state index contributed by atoms with van der Waals surface area (Å²) in [5.74, 6) is 0. The van der Waals surface area contributed by atoms with Crippen LogP contribution in [0.5, 0.6) is 0 Å². The Hall–Kier alpha value is -0.301. The average Bonchev–Trinajstić information content (AvgIpc) is 3.28. The summed E-state index contributed by atoms with van der Waals surface area (Å²) in [4.78, 5) is 0. The molecule has 0 nitrogen and oxygen atoms in total. The van der Waals surface area contributed by atoms with E-state index in [0.29, 0.717) is 0 Å². The van der Waals surface area contributed by atoms with Crippen molar-refractivity contribution in [1.82, 2.24) is 0 Å². The van der Waals surface area contributed by atoms with E-state index in [0.717, 1.165) is 0 Å². The minimum atomic E-state index is 0. The van der Waals surface area contributed by atoms with E-state index in [2.05, 4.69) is 40.2 Å². The van der Waals surface area contributed by atoms with Gasteiger partial charge in [0, 0.05) is 5.33 Å². The molecule has 0 aliphatic carbocycles. The Kier molecular flexibility index (Phi) is 18.8. The van der Waals surface area contributed by atoms with E-state index in [1.165, 1.54) is 81.5 Å². The Morgan fingerprint density at radius 1 is 0.667 bits per heavy atom. The first-order valence-electron chi connectivity index (χ1n) is 9.36. The smallest absolute Gasteiger partial charge is 0.214 e. The first-order chi connectivity index (χ1) is 11.4. The van der Waals surface area contributed by atoms with Crippen molar-refractivity contribution in [3.8, 4) is 0 Å². The minimum absolute atomic E-state index is 0. The molecule has 0 atom stereocenters. The molecule has 2 aromatic rings. The zero-order chi connectivity index (χ0) is 16.4. The van der Waals surface area contributed by atoms with Gasteiger partial charge in [-0.2, -0.15) is 42.0 Å². The summed E-state index contributed by atoms with van der Waals surface area (Å²) in [6.07, 6.45) is 15.5. The number of rotatable bonds is 12. The summed E-state index contributed by atoms with van der Waals surface area (Å²) >= 11 is 3.48. The van der Waals surface area contributed by atoms with Crippen LogP contribution in [0.3, 0.4) is 0 Å². The third-order valence-corrected chi connectivity index (χ3v) is 4.70. The summed E-state index contributed by atoms with van der Waals surface area (Å²) in [6.45, 7) is 0. The number of alkyl halides is 1. The molecule has 0 N–H and O–H groups in total. The van der Waals surface area contributed by atoms with Gasteiger partial charge in [0.1, 0.15) is 0 Å². The topological polar surface area (TPSA) is 0 Å². The van der Waals surface area contributed by atoms with E-state index in [4.69, 9.17) is 0 Å². The van der Waals surface area contributed by atoms with Gasteiger partial charge in [-0.25, -0.2) is 18.2 Å². The fourth-order valence-corrected chi connectivity index (χ4v) is 3.14. The van der Waals surface area contributed by atoms with E-state index in [9.17, 15) is 0 Å². The van der Waals surface area contributed by atoms with Crippen LogP contribution in [-0.4, -0.2) is 5.33 Å². The van der Waals surface area contributed by atoms with Crippen LogP contribution in [0.15, 0.2) is 54.6 Å². The van der Waals surface area contributed by atoms with Crippen molar-refractivity contribution in [3.05, 3.63) is 60.2 Å². The van der Waals surface area contributed by atoms with Gasteiger partial charge in [0.25, 0.3) is 0 Å². The van der Waals surface area contributed by atoms with E-state index < -0.39 is 0 Å². The van der Waals surface area contributed by atoms with Gasteiger partial charge in [-0.05, 0) is 6.42 Å². The molecular formula is C22H33BrFe. The van der Waals surface area contributed by atoms with E-state index in [1.807, 2.05) is 30.3 Å². The Morgan fingerprint density at radius 2 is 1.21 bits per heavy atom. The largest absolute Gasteiger partial charge is 2.00 e. The number of halogens is 1. The second-order valence-corrected chi connectivity index (χ2v) is 7.02. The van der Waals surface area contributed by atoms with Gasteiger partial charge >= 0.3 is 17.1 Å². The Bertz CT molecular complexity index is 388. The van der Waals surface area contributed by atoms with Gasteiger partial charge in [0.2, 0.25) is 0 Å². The maximum atomic E-state index is 3.48. The Labute approximate surface area is 168 Å². The molecule has 0 spiro atoms. The van der Waals surface area contributed by atoms with Gasteiger partial charge in [0.15, 0.2) is 0 Å². The fraction of sp³-hybridized carbons (Fsp3) is 0.545. The van der Waals surface area contributed by atoms with Crippen LogP contribution >= 0.6 is 15.9 Å². The molecule has 0 amide bonds. The van der Waals surface area contributed by atoms with Gasteiger partial charge in [0.05, 0.1) is 0 Å². The first-order valence-corrected chi connectivity index (χ1v) is 10.5. The second kappa shape index (κ2) is 19.0. The molecule has 0 fully saturated rings. The molecule has 0 bridgehead atoms. The molecular weight excluding hydrogens is 400 g/mol. The molecule has 2 aromatic carbocycles. The molecule has 0 saturated heterocycles. The molecule has 2 heteroatoms. The molecule has 0 aliphatic heterocycles. The summed E-state index contributed by atoms with van der Waals surface area (Å²) in [5, 5.41) is 1.18. The number of aryl methyl sites for hydroxylation is 1. The van der Waals surface area contributed by atoms with Crippen LogP contribution in [0.4, 0.5) is 0 Å². The maximum absolute atomic E-state index is 3.48. The number of hydrogen-bond acceptors (Lipinski definition) is 0. The third kappa shape index (κ3) is 15.2. The second-order valence-electron chi connectivity index (χ2n) is 6.23. The average molecular weight is 433 g/mol. The Balaban J connectivity index is 0.000000751. The normalized spacial score (nSPS) is 9.88. The zero-order valence-corrected chi connectivity index (χ0v) is 17.6.